The standard InChI is InChI=1S/C26H26N4O3S.C24H22N4O.CH4/c1-2-34(31,32)30-16-14-20(15-17-30)23-12-13-24-26(27-23)29-25(28-24)21-8-10-22(11-9-21)33-18-19-6-4-3-5-7-19;1-2-4-17(5-3-1)16-29-20-8-6-19(7-9-20)23-27-22-11-10-21(26-24(22)28-23)18-12-14-25-15-13-18;/h3-14H,2,15-18H2,1H3,(H,27,28,29);1-12,25H,13-16H2,(H,26,27,28);1H4. The lowest BCUT2D eigenvalue weighted by Gasteiger charge is -2.25. The maximum absolute atomic E-state index is 12.1. The molecule has 0 atom stereocenters. The molecule has 64 heavy (non-hydrogen) atoms. The summed E-state index contributed by atoms with van der Waals surface area (Å²) in [5, 5.41) is 3.33. The topological polar surface area (TPSA) is 151 Å². The summed E-state index contributed by atoms with van der Waals surface area (Å²) >= 11 is 0. The van der Waals surface area contributed by atoms with E-state index in [-0.39, 0.29) is 13.2 Å². The van der Waals surface area contributed by atoms with Gasteiger partial charge in [0.05, 0.1) is 28.2 Å². The minimum Gasteiger partial charge on any atom is -0.489 e. The van der Waals surface area contributed by atoms with Crippen LogP contribution in [0.25, 0.3) is 56.2 Å². The molecule has 6 heterocycles. The van der Waals surface area contributed by atoms with Crippen molar-refractivity contribution in [3.63, 3.8) is 0 Å². The molecule has 2 aliphatic heterocycles. The van der Waals surface area contributed by atoms with E-state index in [0.717, 1.165) is 98.6 Å². The number of hydrogen-bond donors (Lipinski definition) is 3. The molecule has 0 saturated carbocycles. The van der Waals surface area contributed by atoms with E-state index < -0.39 is 10.0 Å². The largest absolute Gasteiger partial charge is 0.489 e. The lowest BCUT2D eigenvalue weighted by Crippen LogP contribution is -2.35. The molecule has 0 spiro atoms. The van der Waals surface area contributed by atoms with Crippen LogP contribution in [0.2, 0.25) is 0 Å². The van der Waals surface area contributed by atoms with Gasteiger partial charge < -0.3 is 24.8 Å². The van der Waals surface area contributed by atoms with Gasteiger partial charge in [-0.2, -0.15) is 4.31 Å². The van der Waals surface area contributed by atoms with Gasteiger partial charge in [0.2, 0.25) is 10.0 Å². The molecule has 4 aromatic heterocycles. The van der Waals surface area contributed by atoms with Crippen LogP contribution in [-0.2, 0) is 23.2 Å². The van der Waals surface area contributed by atoms with E-state index in [1.165, 1.54) is 9.88 Å². The van der Waals surface area contributed by atoms with E-state index in [2.05, 4.69) is 50.6 Å². The van der Waals surface area contributed by atoms with E-state index in [0.29, 0.717) is 38.4 Å². The minimum absolute atomic E-state index is 0. The SMILES string of the molecule is C.C1=C(c2ccc3[nH]c(-c4ccc(OCc5ccccc5)cc4)nc3n2)CCNC1.CCS(=O)(=O)N1CC=C(c2ccc3[nH]c(-c4ccc(OCc5ccccc5)cc4)nc3n2)CC1. The molecule has 4 aromatic carbocycles. The first-order chi connectivity index (χ1) is 30.9. The van der Waals surface area contributed by atoms with Gasteiger partial charge >= 0.3 is 0 Å². The van der Waals surface area contributed by atoms with Gasteiger partial charge in [-0.1, -0.05) is 80.2 Å². The number of aromatic amines is 2. The number of H-pyrrole nitrogens is 2. The maximum Gasteiger partial charge on any atom is 0.214 e. The summed E-state index contributed by atoms with van der Waals surface area (Å²) in [7, 11) is -3.17. The Balaban J connectivity index is 0.000000174. The predicted octanol–water partition coefficient (Wildman–Crippen LogP) is 9.86. The summed E-state index contributed by atoms with van der Waals surface area (Å²) in [5.41, 5.74) is 11.6. The molecule has 3 N–H and O–H groups in total. The third kappa shape index (κ3) is 10.5. The molecular formula is C51H52N8O4S. The number of benzene rings is 4. The van der Waals surface area contributed by atoms with Crippen LogP contribution in [0.15, 0.2) is 146 Å². The fourth-order valence-electron chi connectivity index (χ4n) is 7.49. The van der Waals surface area contributed by atoms with Crippen LogP contribution in [0.1, 0.15) is 49.7 Å². The molecule has 10 rings (SSSR count). The molecule has 12 nitrogen and oxygen atoms in total. The highest BCUT2D eigenvalue weighted by Gasteiger charge is 2.23. The monoisotopic (exact) mass is 872 g/mol. The Morgan fingerprint density at radius 2 is 1.09 bits per heavy atom. The molecule has 0 bridgehead atoms. The van der Waals surface area contributed by atoms with Crippen molar-refractivity contribution in [2.45, 2.75) is 40.4 Å². The summed E-state index contributed by atoms with van der Waals surface area (Å²) in [5.74, 6) is 3.32. The average Bonchev–Trinajstić information content (AvgIpc) is 3.99. The summed E-state index contributed by atoms with van der Waals surface area (Å²) < 4.78 is 37.4. The highest BCUT2D eigenvalue weighted by atomic mass is 32.2. The molecule has 2 aliphatic rings. The zero-order valence-corrected chi connectivity index (χ0v) is 35.8. The van der Waals surface area contributed by atoms with Crippen molar-refractivity contribution >= 4 is 43.5 Å². The maximum atomic E-state index is 12.1. The van der Waals surface area contributed by atoms with Gasteiger partial charge in [0.1, 0.15) is 36.4 Å². The first-order valence-electron chi connectivity index (χ1n) is 21.2. The van der Waals surface area contributed by atoms with Crippen LogP contribution < -0.4 is 14.8 Å². The number of ether oxygens (including phenoxy) is 2. The summed E-state index contributed by atoms with van der Waals surface area (Å²) in [4.78, 5) is 25.6. The van der Waals surface area contributed by atoms with Crippen molar-refractivity contribution in [3.05, 3.63) is 168 Å². The number of rotatable bonds is 12. The second-order valence-electron chi connectivity index (χ2n) is 15.3. The average molecular weight is 873 g/mol. The number of aromatic nitrogens is 6. The first-order valence-corrected chi connectivity index (χ1v) is 22.8. The zero-order valence-electron chi connectivity index (χ0n) is 35.0. The Labute approximate surface area is 374 Å². The predicted molar refractivity (Wildman–Crippen MR) is 256 cm³/mol. The van der Waals surface area contributed by atoms with Crippen molar-refractivity contribution in [1.82, 2.24) is 39.5 Å². The van der Waals surface area contributed by atoms with Crippen LogP contribution in [-0.4, -0.2) is 74.6 Å². The van der Waals surface area contributed by atoms with Gasteiger partial charge in [0.15, 0.2) is 11.3 Å². The second kappa shape index (κ2) is 20.1. The molecule has 0 fully saturated rings. The van der Waals surface area contributed by atoms with Crippen LogP contribution in [0.5, 0.6) is 11.5 Å². The number of sulfonamides is 1. The number of pyridine rings is 2. The molecular weight excluding hydrogens is 821 g/mol. The molecule has 8 aromatic rings. The third-order valence-electron chi connectivity index (χ3n) is 11.1. The van der Waals surface area contributed by atoms with E-state index in [9.17, 15) is 8.42 Å². The molecule has 0 aliphatic carbocycles. The Hall–Kier alpha value is -6.93. The minimum atomic E-state index is -3.17. The van der Waals surface area contributed by atoms with Crippen LogP contribution in [0.3, 0.4) is 0 Å². The fraction of sp³-hybridized carbons (Fsp3) is 0.216. The van der Waals surface area contributed by atoms with Gasteiger partial charge in [-0.3, -0.25) is 0 Å². The van der Waals surface area contributed by atoms with Gasteiger partial charge in [-0.25, -0.2) is 28.4 Å². The Kier molecular flexibility index (Phi) is 13.7. The molecule has 13 heteroatoms. The molecule has 0 saturated heterocycles. The second-order valence-corrected chi connectivity index (χ2v) is 17.6. The summed E-state index contributed by atoms with van der Waals surface area (Å²) in [6, 6.07) is 44.1. The highest BCUT2D eigenvalue weighted by molar-refractivity contribution is 7.89. The zero-order chi connectivity index (χ0) is 43.0. The van der Waals surface area contributed by atoms with Crippen LogP contribution >= 0.6 is 0 Å². The summed E-state index contributed by atoms with van der Waals surface area (Å²) in [6.45, 7) is 5.51. The van der Waals surface area contributed by atoms with Gasteiger partial charge in [0, 0.05) is 30.8 Å². The van der Waals surface area contributed by atoms with Crippen molar-refractivity contribution in [1.29, 1.82) is 0 Å². The number of hydrogen-bond acceptors (Lipinski definition) is 9. The summed E-state index contributed by atoms with van der Waals surface area (Å²) in [6.07, 6.45) is 5.80. The normalized spacial score (nSPS) is 14.2. The van der Waals surface area contributed by atoms with E-state index in [1.54, 1.807) is 6.92 Å². The molecule has 0 unspecified atom stereocenters. The number of nitrogens with one attached hydrogen (secondary N) is 3. The Bertz CT molecular complexity index is 2980. The van der Waals surface area contributed by atoms with Crippen LogP contribution in [0.4, 0.5) is 0 Å². The van der Waals surface area contributed by atoms with E-state index in [1.807, 2.05) is 115 Å². The lowest BCUT2D eigenvalue weighted by molar-refractivity contribution is 0.306. The number of imidazole rings is 2. The molecule has 326 valence electrons. The fourth-order valence-corrected chi connectivity index (χ4v) is 8.53. The quantitative estimate of drug-likeness (QED) is 0.109. The first kappa shape index (κ1) is 43.7. The smallest absolute Gasteiger partial charge is 0.214 e. The van der Waals surface area contributed by atoms with Gasteiger partial charge in [0.25, 0.3) is 0 Å². The van der Waals surface area contributed by atoms with Crippen LogP contribution in [0, 0.1) is 0 Å². The number of fused-ring (bicyclic) bond motifs is 2. The number of nitrogens with zero attached hydrogens (tertiary/aromatic N) is 5. The Morgan fingerprint density at radius 3 is 1.53 bits per heavy atom. The van der Waals surface area contributed by atoms with Crippen molar-refractivity contribution in [2.24, 2.45) is 0 Å². The van der Waals surface area contributed by atoms with E-state index in [4.69, 9.17) is 24.4 Å². The molecule has 0 radical (unpaired) electrons. The third-order valence-corrected chi connectivity index (χ3v) is 12.9. The van der Waals surface area contributed by atoms with E-state index >= 15 is 0 Å². The van der Waals surface area contributed by atoms with Gasteiger partial charge in [-0.15, -0.1) is 0 Å². The highest BCUT2D eigenvalue weighted by Crippen LogP contribution is 2.28. The van der Waals surface area contributed by atoms with Crippen molar-refractivity contribution in [2.75, 3.05) is 31.9 Å². The van der Waals surface area contributed by atoms with Crippen molar-refractivity contribution < 1.29 is 17.9 Å². The van der Waals surface area contributed by atoms with Gasteiger partial charge in [-0.05, 0) is 121 Å². The molecule has 0 amide bonds. The lowest BCUT2D eigenvalue weighted by atomic mass is 10.1. The van der Waals surface area contributed by atoms with Crippen molar-refractivity contribution in [3.8, 4) is 34.3 Å². The Morgan fingerprint density at radius 1 is 0.594 bits per heavy atom.